The van der Waals surface area contributed by atoms with Crippen molar-refractivity contribution in [3.8, 4) is 0 Å². The Morgan fingerprint density at radius 3 is 2.19 bits per heavy atom. The van der Waals surface area contributed by atoms with Crippen molar-refractivity contribution in [2.75, 3.05) is 50.7 Å². The minimum atomic E-state index is -2.66. The van der Waals surface area contributed by atoms with E-state index in [4.69, 9.17) is 0 Å². The minimum Gasteiger partial charge on any atom is -0.371 e. The van der Waals surface area contributed by atoms with Crippen molar-refractivity contribution in [3.63, 3.8) is 0 Å². The summed E-state index contributed by atoms with van der Waals surface area (Å²) in [6.07, 6.45) is 3.00. The third-order valence-electron chi connectivity index (χ3n) is 13.3. The van der Waals surface area contributed by atoms with Gasteiger partial charge in [0.25, 0.3) is 18.2 Å². The fourth-order valence-electron chi connectivity index (χ4n) is 10.7. The van der Waals surface area contributed by atoms with Crippen LogP contribution in [0.25, 0.3) is 10.9 Å². The fraction of sp³-hybridized carbons (Fsp3) is 0.452. The highest BCUT2D eigenvalue weighted by Crippen LogP contribution is 2.47. The van der Waals surface area contributed by atoms with Gasteiger partial charge < -0.3 is 9.80 Å². The number of alkyl halides is 2. The molecule has 1 aromatic heterocycles. The lowest BCUT2D eigenvalue weighted by Crippen LogP contribution is -2.58. The molecule has 15 heteroatoms. The molecule has 3 aromatic carbocycles. The predicted molar refractivity (Wildman–Crippen MR) is 200 cm³/mol. The molecule has 3 fully saturated rings. The summed E-state index contributed by atoms with van der Waals surface area (Å²) in [5.74, 6) is -3.08. The quantitative estimate of drug-likeness (QED) is 0.203. The number of rotatable bonds is 7. The Labute approximate surface area is 325 Å². The van der Waals surface area contributed by atoms with Gasteiger partial charge in [0.2, 0.25) is 11.8 Å². The second kappa shape index (κ2) is 13.5. The molecule has 296 valence electrons. The maximum absolute atomic E-state index is 16.1. The van der Waals surface area contributed by atoms with E-state index in [2.05, 4.69) is 20.4 Å². The Morgan fingerprint density at radius 1 is 0.860 bits per heavy atom. The van der Waals surface area contributed by atoms with Gasteiger partial charge in [-0.25, -0.2) is 17.6 Å². The van der Waals surface area contributed by atoms with Gasteiger partial charge >= 0.3 is 0 Å². The number of likely N-dealkylation sites (tertiary alicyclic amines) is 1. The Hall–Kier alpha value is -5.15. The summed E-state index contributed by atoms with van der Waals surface area (Å²) in [5, 5.41) is 10.1. The molecule has 0 saturated carbocycles. The van der Waals surface area contributed by atoms with Crippen molar-refractivity contribution in [1.29, 1.82) is 0 Å². The van der Waals surface area contributed by atoms with Crippen molar-refractivity contribution in [1.82, 2.24) is 30.2 Å². The molecule has 5 aliphatic heterocycles. The number of aromatic amines is 1. The van der Waals surface area contributed by atoms with Crippen molar-refractivity contribution in [2.24, 2.45) is 11.3 Å². The van der Waals surface area contributed by atoms with Gasteiger partial charge in [0.1, 0.15) is 17.7 Å². The Balaban J connectivity index is 0.769. The van der Waals surface area contributed by atoms with Gasteiger partial charge in [-0.1, -0.05) is 6.07 Å². The first-order valence-corrected chi connectivity index (χ1v) is 19.8. The fourth-order valence-corrected chi connectivity index (χ4v) is 10.7. The van der Waals surface area contributed by atoms with E-state index in [1.165, 1.54) is 17.0 Å². The summed E-state index contributed by atoms with van der Waals surface area (Å²) in [6, 6.07) is 7.92. The lowest BCUT2D eigenvalue weighted by atomic mass is 9.76. The number of nitrogens with one attached hydrogen (secondary N) is 2. The van der Waals surface area contributed by atoms with Gasteiger partial charge in [-0.2, -0.15) is 5.10 Å². The number of benzene rings is 3. The van der Waals surface area contributed by atoms with E-state index in [0.717, 1.165) is 77.8 Å². The number of carbonyl (C=O) groups is 4. The third kappa shape index (κ3) is 6.03. The number of piperidine rings is 2. The summed E-state index contributed by atoms with van der Waals surface area (Å²) >= 11 is 0. The molecule has 3 saturated heterocycles. The van der Waals surface area contributed by atoms with Crippen LogP contribution in [0.5, 0.6) is 0 Å². The van der Waals surface area contributed by atoms with Crippen LogP contribution in [0.4, 0.5) is 23.2 Å². The molecular formula is C42H41F4N7O4. The molecule has 2 N–H and O–H groups in total. The predicted octanol–water partition coefficient (Wildman–Crippen LogP) is 4.77. The Bertz CT molecular complexity index is 2300. The highest BCUT2D eigenvalue weighted by molar-refractivity contribution is 6.23. The summed E-state index contributed by atoms with van der Waals surface area (Å²) in [4.78, 5) is 57.7. The van der Waals surface area contributed by atoms with Gasteiger partial charge in [-0.15, -0.1) is 0 Å². The molecule has 4 aromatic rings. The van der Waals surface area contributed by atoms with Crippen LogP contribution in [0.15, 0.2) is 42.6 Å². The van der Waals surface area contributed by atoms with Crippen LogP contribution in [0.1, 0.15) is 80.3 Å². The second-order valence-corrected chi connectivity index (χ2v) is 16.9. The zero-order chi connectivity index (χ0) is 39.3. The molecule has 11 nitrogen and oxygen atoms in total. The van der Waals surface area contributed by atoms with Gasteiger partial charge in [-0.05, 0) is 97.0 Å². The number of imide groups is 2. The second-order valence-electron chi connectivity index (χ2n) is 16.9. The zero-order valence-corrected chi connectivity index (χ0v) is 31.1. The summed E-state index contributed by atoms with van der Waals surface area (Å²) in [5.41, 5.74) is 5.30. The molecule has 57 heavy (non-hydrogen) atoms. The number of hydrogen-bond acceptors (Lipinski definition) is 8. The third-order valence-corrected chi connectivity index (χ3v) is 13.3. The number of anilines is 1. The number of nitrogens with zero attached hydrogens (tertiary/aromatic N) is 5. The lowest BCUT2D eigenvalue weighted by molar-refractivity contribution is -0.136. The van der Waals surface area contributed by atoms with E-state index in [0.29, 0.717) is 47.8 Å². The van der Waals surface area contributed by atoms with Gasteiger partial charge in [-0.3, -0.25) is 39.4 Å². The topological polar surface area (TPSA) is 122 Å². The lowest BCUT2D eigenvalue weighted by Gasteiger charge is -2.50. The number of H-pyrrole nitrogens is 1. The molecule has 1 aliphatic carbocycles. The molecule has 1 spiro atoms. The van der Waals surface area contributed by atoms with Crippen molar-refractivity contribution in [3.05, 3.63) is 93.2 Å². The molecule has 6 aliphatic rings. The first kappa shape index (κ1) is 36.2. The van der Waals surface area contributed by atoms with E-state index in [-0.39, 0.29) is 30.4 Å². The Morgan fingerprint density at radius 2 is 1.54 bits per heavy atom. The normalized spacial score (nSPS) is 23.7. The van der Waals surface area contributed by atoms with Crippen molar-refractivity contribution >= 4 is 40.2 Å². The maximum Gasteiger partial charge on any atom is 0.262 e. The SMILES string of the molecule is O=C1CCC(N2C(=O)c3cc4c(cc3C2=O)CC2(C4)CN(CC3CCN(c4cc(F)c(C5c6ccc7[nH]ncc7c6CCN5CC(F)F)c(F)c4)CC3)C2)C(=O)N1. The van der Waals surface area contributed by atoms with Crippen molar-refractivity contribution in [2.45, 2.75) is 63.5 Å². The number of hydrogen-bond donors (Lipinski definition) is 2. The number of carbonyl (C=O) groups excluding carboxylic acids is 4. The van der Waals surface area contributed by atoms with E-state index >= 15 is 8.78 Å². The minimum absolute atomic E-state index is 0.0403. The zero-order valence-electron chi connectivity index (χ0n) is 31.1. The van der Waals surface area contributed by atoms with Crippen LogP contribution in [-0.2, 0) is 28.9 Å². The van der Waals surface area contributed by atoms with Crippen LogP contribution in [0, 0.1) is 23.0 Å². The van der Waals surface area contributed by atoms with Crippen LogP contribution >= 0.6 is 0 Å². The molecule has 0 radical (unpaired) electrons. The largest absolute Gasteiger partial charge is 0.371 e. The first-order valence-electron chi connectivity index (χ1n) is 19.8. The van der Waals surface area contributed by atoms with Gasteiger partial charge in [0.15, 0.2) is 0 Å². The maximum atomic E-state index is 16.1. The smallest absolute Gasteiger partial charge is 0.262 e. The molecular weight excluding hydrogens is 742 g/mol. The average molecular weight is 784 g/mol. The monoisotopic (exact) mass is 783 g/mol. The van der Waals surface area contributed by atoms with Crippen LogP contribution < -0.4 is 10.2 Å². The average Bonchev–Trinajstić information content (AvgIpc) is 3.86. The number of fused-ring (bicyclic) bond motifs is 5. The van der Waals surface area contributed by atoms with Crippen LogP contribution in [0.2, 0.25) is 0 Å². The molecule has 2 atom stereocenters. The summed E-state index contributed by atoms with van der Waals surface area (Å²) in [7, 11) is 0. The molecule has 6 heterocycles. The van der Waals surface area contributed by atoms with Gasteiger partial charge in [0, 0.05) is 67.7 Å². The standard InChI is InChI=1S/C42H41F4N7O4/c43-31-13-25(14-32(44)37(31)38-27-1-2-33-30(17-47-49-33)26(27)7-10-52(38)19-35(45)46)51-8-5-22(6-9-51)18-50-20-42(21-50)15-23-11-28-29(12-24(23)16-42)41(57)53(40(28)56)34-3-4-36(54)48-39(34)55/h1-2,11-14,17,22,34-35,38H,3-10,15-16,18-21H2,(H,47,49)(H,48,54,55). The number of aromatic nitrogens is 2. The van der Waals surface area contributed by atoms with E-state index in [9.17, 15) is 28.0 Å². The molecule has 0 bridgehead atoms. The number of amides is 4. The summed E-state index contributed by atoms with van der Waals surface area (Å²) in [6.45, 7) is 3.62. The first-order chi connectivity index (χ1) is 27.4. The number of halogens is 4. The van der Waals surface area contributed by atoms with E-state index < -0.39 is 60.3 Å². The Kier molecular flexibility index (Phi) is 8.56. The van der Waals surface area contributed by atoms with Gasteiger partial charge in [0.05, 0.1) is 35.4 Å². The van der Waals surface area contributed by atoms with E-state index in [1.54, 1.807) is 18.3 Å². The highest BCUT2D eigenvalue weighted by Gasteiger charge is 2.50. The van der Waals surface area contributed by atoms with E-state index in [1.807, 2.05) is 17.0 Å². The van der Waals surface area contributed by atoms with Crippen molar-refractivity contribution < 1.29 is 36.7 Å². The molecule has 4 amide bonds. The van der Waals surface area contributed by atoms with Crippen LogP contribution in [-0.4, -0.2) is 107 Å². The molecule has 2 unspecified atom stereocenters. The highest BCUT2D eigenvalue weighted by atomic mass is 19.3. The van der Waals surface area contributed by atoms with Crippen LogP contribution in [0.3, 0.4) is 0 Å². The molecule has 10 rings (SSSR count). The summed E-state index contributed by atoms with van der Waals surface area (Å²) < 4.78 is 59.7.